The molecule has 2 N–H and O–H groups in total. The van der Waals surface area contributed by atoms with Crippen molar-refractivity contribution in [1.82, 2.24) is 5.32 Å². The summed E-state index contributed by atoms with van der Waals surface area (Å²) in [4.78, 5) is 12.4. The predicted octanol–water partition coefficient (Wildman–Crippen LogP) is 4.11. The molecule has 0 aliphatic heterocycles. The number of nitrogens with one attached hydrogen (secondary N) is 2. The predicted molar refractivity (Wildman–Crippen MR) is 94.0 cm³/mol. The van der Waals surface area contributed by atoms with E-state index in [1.807, 2.05) is 36.4 Å². The Balaban J connectivity index is 1.78. The standard InChI is InChI=1S/C18H13FN2OS/c19-15-10-3-4-11-16(15)20-18(23)21-17(22)14-9-5-7-12-6-1-2-8-13(12)14/h1-11H,(H2,20,21,22,23). The van der Waals surface area contributed by atoms with Crippen LogP contribution in [0.4, 0.5) is 10.1 Å². The van der Waals surface area contributed by atoms with Crippen molar-refractivity contribution in [2.45, 2.75) is 0 Å². The normalized spacial score (nSPS) is 10.3. The van der Waals surface area contributed by atoms with Gasteiger partial charge in [-0.05, 0) is 41.2 Å². The smallest absolute Gasteiger partial charge is 0.258 e. The Morgan fingerprint density at radius 1 is 0.913 bits per heavy atom. The first kappa shape index (κ1) is 15.1. The van der Waals surface area contributed by atoms with Crippen LogP contribution < -0.4 is 10.6 Å². The zero-order chi connectivity index (χ0) is 16.2. The molecule has 23 heavy (non-hydrogen) atoms. The summed E-state index contributed by atoms with van der Waals surface area (Å²) >= 11 is 5.08. The van der Waals surface area contributed by atoms with E-state index in [9.17, 15) is 9.18 Å². The van der Waals surface area contributed by atoms with Gasteiger partial charge in [-0.3, -0.25) is 10.1 Å². The summed E-state index contributed by atoms with van der Waals surface area (Å²) in [6.45, 7) is 0. The van der Waals surface area contributed by atoms with Gasteiger partial charge in [-0.15, -0.1) is 0 Å². The molecular formula is C18H13FN2OS. The summed E-state index contributed by atoms with van der Waals surface area (Å²) in [6.07, 6.45) is 0. The molecule has 0 saturated heterocycles. The molecule has 3 aromatic carbocycles. The lowest BCUT2D eigenvalue weighted by Gasteiger charge is -2.11. The number of rotatable bonds is 2. The van der Waals surface area contributed by atoms with Gasteiger partial charge >= 0.3 is 0 Å². The van der Waals surface area contributed by atoms with Crippen molar-refractivity contribution in [2.24, 2.45) is 0 Å². The van der Waals surface area contributed by atoms with Crippen LogP contribution in [-0.4, -0.2) is 11.0 Å². The minimum absolute atomic E-state index is 0.0491. The highest BCUT2D eigenvalue weighted by atomic mass is 32.1. The molecule has 0 atom stereocenters. The number of fused-ring (bicyclic) bond motifs is 1. The van der Waals surface area contributed by atoms with Crippen LogP contribution in [0.5, 0.6) is 0 Å². The molecule has 5 heteroatoms. The van der Waals surface area contributed by atoms with E-state index in [2.05, 4.69) is 10.6 Å². The van der Waals surface area contributed by atoms with Crippen molar-refractivity contribution in [3.63, 3.8) is 0 Å². The lowest BCUT2D eigenvalue weighted by atomic mass is 10.0. The highest BCUT2D eigenvalue weighted by Crippen LogP contribution is 2.18. The molecule has 3 nitrogen and oxygen atoms in total. The summed E-state index contributed by atoms with van der Waals surface area (Å²) in [5, 5.41) is 7.11. The number of amides is 1. The molecule has 0 saturated carbocycles. The zero-order valence-corrected chi connectivity index (χ0v) is 12.9. The Morgan fingerprint density at radius 3 is 2.43 bits per heavy atom. The van der Waals surface area contributed by atoms with Crippen LogP contribution in [0, 0.1) is 5.82 Å². The summed E-state index contributed by atoms with van der Waals surface area (Å²) in [6, 6.07) is 19.2. The molecule has 0 bridgehead atoms. The van der Waals surface area contributed by atoms with Crippen molar-refractivity contribution >= 4 is 39.7 Å². The molecule has 0 spiro atoms. The number of carbonyl (C=O) groups is 1. The largest absolute Gasteiger partial charge is 0.330 e. The fourth-order valence-electron chi connectivity index (χ4n) is 2.31. The van der Waals surface area contributed by atoms with Crippen molar-refractivity contribution in [3.05, 3.63) is 78.1 Å². The van der Waals surface area contributed by atoms with Crippen LogP contribution in [0.1, 0.15) is 10.4 Å². The van der Waals surface area contributed by atoms with E-state index in [1.54, 1.807) is 24.3 Å². The Bertz CT molecular complexity index is 890. The quantitative estimate of drug-likeness (QED) is 0.697. The fraction of sp³-hybridized carbons (Fsp3) is 0. The molecule has 1 amide bonds. The van der Waals surface area contributed by atoms with Crippen LogP contribution in [0.25, 0.3) is 10.8 Å². The first-order valence-corrected chi connectivity index (χ1v) is 7.40. The third-order valence-electron chi connectivity index (χ3n) is 3.38. The average Bonchev–Trinajstić information content (AvgIpc) is 2.56. The molecule has 0 aliphatic rings. The maximum Gasteiger partial charge on any atom is 0.258 e. The van der Waals surface area contributed by atoms with Gasteiger partial charge in [0.2, 0.25) is 0 Å². The van der Waals surface area contributed by atoms with Crippen molar-refractivity contribution < 1.29 is 9.18 Å². The minimum atomic E-state index is -0.436. The SMILES string of the molecule is O=C(NC(=S)Nc1ccccc1F)c1cccc2ccccc12. The average molecular weight is 324 g/mol. The number of para-hydroxylation sites is 1. The van der Waals surface area contributed by atoms with E-state index >= 15 is 0 Å². The van der Waals surface area contributed by atoms with Crippen molar-refractivity contribution in [1.29, 1.82) is 0 Å². The van der Waals surface area contributed by atoms with E-state index in [0.717, 1.165) is 10.8 Å². The maximum absolute atomic E-state index is 13.6. The molecule has 0 aromatic heterocycles. The molecule has 3 rings (SSSR count). The van der Waals surface area contributed by atoms with E-state index in [0.29, 0.717) is 5.56 Å². The molecule has 3 aromatic rings. The van der Waals surface area contributed by atoms with Gasteiger partial charge in [-0.2, -0.15) is 0 Å². The second-order valence-corrected chi connectivity index (χ2v) is 5.32. The van der Waals surface area contributed by atoms with Gasteiger partial charge in [0.15, 0.2) is 5.11 Å². The number of benzene rings is 3. The Morgan fingerprint density at radius 2 is 1.61 bits per heavy atom. The summed E-state index contributed by atoms with van der Waals surface area (Å²) in [5.74, 6) is -0.773. The lowest BCUT2D eigenvalue weighted by molar-refractivity contribution is 0.0979. The minimum Gasteiger partial charge on any atom is -0.330 e. The zero-order valence-electron chi connectivity index (χ0n) is 12.0. The number of hydrogen-bond acceptors (Lipinski definition) is 2. The van der Waals surface area contributed by atoms with Crippen LogP contribution in [0.2, 0.25) is 0 Å². The Kier molecular flexibility index (Phi) is 4.30. The molecule has 0 radical (unpaired) electrons. The second kappa shape index (κ2) is 6.54. The fourth-order valence-corrected chi connectivity index (χ4v) is 2.51. The molecule has 0 fully saturated rings. The molecule has 0 heterocycles. The van der Waals surface area contributed by atoms with E-state index in [4.69, 9.17) is 12.2 Å². The summed E-state index contributed by atoms with van der Waals surface area (Å²) in [5.41, 5.74) is 0.733. The maximum atomic E-state index is 13.6. The van der Waals surface area contributed by atoms with E-state index in [1.165, 1.54) is 6.07 Å². The van der Waals surface area contributed by atoms with E-state index < -0.39 is 5.82 Å². The van der Waals surface area contributed by atoms with Gasteiger partial charge in [0.1, 0.15) is 5.82 Å². The van der Waals surface area contributed by atoms with Gasteiger partial charge in [-0.1, -0.05) is 48.5 Å². The third kappa shape index (κ3) is 3.35. The molecular weight excluding hydrogens is 311 g/mol. The summed E-state index contributed by atoms with van der Waals surface area (Å²) < 4.78 is 13.6. The second-order valence-electron chi connectivity index (χ2n) is 4.91. The highest BCUT2D eigenvalue weighted by Gasteiger charge is 2.12. The van der Waals surface area contributed by atoms with Crippen LogP contribution in [0.15, 0.2) is 66.7 Å². The summed E-state index contributed by atoms with van der Waals surface area (Å²) in [7, 11) is 0. The third-order valence-corrected chi connectivity index (χ3v) is 3.59. The number of halogens is 1. The van der Waals surface area contributed by atoms with Gasteiger partial charge in [-0.25, -0.2) is 4.39 Å². The topological polar surface area (TPSA) is 41.1 Å². The van der Waals surface area contributed by atoms with E-state index in [-0.39, 0.29) is 16.7 Å². The molecule has 0 unspecified atom stereocenters. The number of hydrogen-bond donors (Lipinski definition) is 2. The van der Waals surface area contributed by atoms with Crippen LogP contribution >= 0.6 is 12.2 Å². The van der Waals surface area contributed by atoms with Gasteiger partial charge < -0.3 is 5.32 Å². The monoisotopic (exact) mass is 324 g/mol. The Labute approximate surface area is 138 Å². The van der Waals surface area contributed by atoms with Crippen LogP contribution in [0.3, 0.4) is 0 Å². The Hall–Kier alpha value is -2.79. The first-order valence-electron chi connectivity index (χ1n) is 7.00. The van der Waals surface area contributed by atoms with Crippen molar-refractivity contribution in [3.8, 4) is 0 Å². The van der Waals surface area contributed by atoms with Gasteiger partial charge in [0.25, 0.3) is 5.91 Å². The number of anilines is 1. The van der Waals surface area contributed by atoms with Gasteiger partial charge in [0, 0.05) is 5.56 Å². The number of carbonyl (C=O) groups excluding carboxylic acids is 1. The highest BCUT2D eigenvalue weighted by molar-refractivity contribution is 7.80. The number of thiocarbonyl (C=S) groups is 1. The molecule has 114 valence electrons. The van der Waals surface area contributed by atoms with Crippen LogP contribution in [-0.2, 0) is 0 Å². The molecule has 0 aliphatic carbocycles. The van der Waals surface area contributed by atoms with Gasteiger partial charge in [0.05, 0.1) is 5.69 Å². The lowest BCUT2D eigenvalue weighted by Crippen LogP contribution is -2.34. The first-order chi connectivity index (χ1) is 11.1. The van der Waals surface area contributed by atoms with Crippen molar-refractivity contribution in [2.75, 3.05) is 5.32 Å².